The highest BCUT2D eigenvalue weighted by Gasteiger charge is 2.28. The first-order valence-corrected chi connectivity index (χ1v) is 12.3. The Morgan fingerprint density at radius 1 is 1.05 bits per heavy atom. The average Bonchev–Trinajstić information content (AvgIpc) is 3.31. The minimum Gasteiger partial charge on any atom is -0.480 e. The molecule has 1 aliphatic carbocycles. The van der Waals surface area contributed by atoms with E-state index >= 15 is 0 Å². The number of fused-ring (bicyclic) bond motifs is 1. The maximum absolute atomic E-state index is 13.6. The number of hydrogen-bond acceptors (Lipinski definition) is 7. The first-order valence-electron chi connectivity index (χ1n) is 12.3. The lowest BCUT2D eigenvalue weighted by Gasteiger charge is -2.29. The second kappa shape index (κ2) is 10.7. The van der Waals surface area contributed by atoms with Crippen molar-refractivity contribution in [2.45, 2.75) is 38.6 Å². The number of ether oxygens (including phenoxy) is 1. The topological polar surface area (TPSA) is 123 Å². The van der Waals surface area contributed by atoms with E-state index in [1.165, 1.54) is 6.20 Å². The van der Waals surface area contributed by atoms with Gasteiger partial charge in [-0.3, -0.25) is 24.4 Å². The maximum atomic E-state index is 13.6. The van der Waals surface area contributed by atoms with E-state index in [0.29, 0.717) is 11.4 Å². The van der Waals surface area contributed by atoms with Gasteiger partial charge < -0.3 is 14.7 Å². The van der Waals surface area contributed by atoms with Crippen LogP contribution in [-0.4, -0.2) is 48.3 Å². The zero-order valence-corrected chi connectivity index (χ0v) is 20.6. The Labute approximate surface area is 213 Å². The molecule has 0 atom stereocenters. The van der Waals surface area contributed by atoms with Crippen molar-refractivity contribution in [2.24, 2.45) is 13.0 Å². The van der Waals surface area contributed by atoms with E-state index in [2.05, 4.69) is 20.1 Å². The lowest BCUT2D eigenvalue weighted by atomic mass is 9.88. The molecule has 0 aliphatic heterocycles. The third-order valence-electron chi connectivity index (χ3n) is 6.66. The summed E-state index contributed by atoms with van der Waals surface area (Å²) in [7, 11) is 1.90. The van der Waals surface area contributed by atoms with Crippen molar-refractivity contribution >= 4 is 28.5 Å². The van der Waals surface area contributed by atoms with Crippen LogP contribution in [0.25, 0.3) is 22.2 Å². The molecular weight excluding hydrogens is 472 g/mol. The Balaban J connectivity index is 1.40. The van der Waals surface area contributed by atoms with Crippen LogP contribution in [0.1, 0.15) is 37.8 Å². The molecule has 3 aromatic heterocycles. The van der Waals surface area contributed by atoms with Gasteiger partial charge in [0.15, 0.2) is 6.61 Å². The predicted octanol–water partition coefficient (Wildman–Crippen LogP) is 4.00. The highest BCUT2D eigenvalue weighted by Crippen LogP contribution is 2.30. The molecule has 1 aromatic carbocycles. The van der Waals surface area contributed by atoms with Gasteiger partial charge >= 0.3 is 5.97 Å². The van der Waals surface area contributed by atoms with Crippen LogP contribution >= 0.6 is 0 Å². The number of hydrogen-bond donors (Lipinski definition) is 1. The van der Waals surface area contributed by atoms with E-state index < -0.39 is 12.6 Å². The number of pyridine rings is 1. The molecule has 190 valence electrons. The molecule has 1 amide bonds. The van der Waals surface area contributed by atoms with Gasteiger partial charge in [-0.15, -0.1) is 0 Å². The second-order valence-corrected chi connectivity index (χ2v) is 9.26. The molecule has 10 nitrogen and oxygen atoms in total. The fourth-order valence-electron chi connectivity index (χ4n) is 4.72. The van der Waals surface area contributed by atoms with Crippen LogP contribution in [0, 0.1) is 5.92 Å². The minimum atomic E-state index is -1.08. The molecule has 3 heterocycles. The Hall–Kier alpha value is -4.34. The van der Waals surface area contributed by atoms with Crippen molar-refractivity contribution in [3.05, 3.63) is 60.9 Å². The molecule has 1 fully saturated rings. The standard InChI is InChI=1S/C27H28N6O4/c1-32-25-8-7-19(9-20(25)11-31-32)24-15-29-21(12-30-24)16-33(27(36)18-5-3-2-4-6-18)22-10-23(14-28-13-22)37-17-26(34)35/h7-15,18H,2-6,16-17H2,1H3,(H,34,35). The van der Waals surface area contributed by atoms with E-state index in [9.17, 15) is 9.59 Å². The van der Waals surface area contributed by atoms with E-state index in [1.807, 2.05) is 36.1 Å². The Bertz CT molecular complexity index is 1410. The van der Waals surface area contributed by atoms with Gasteiger partial charge in [-0.1, -0.05) is 25.3 Å². The summed E-state index contributed by atoms with van der Waals surface area (Å²) in [6.07, 6.45) is 13.1. The largest absolute Gasteiger partial charge is 0.480 e. The summed E-state index contributed by atoms with van der Waals surface area (Å²) >= 11 is 0. The number of carboxylic acids is 1. The van der Waals surface area contributed by atoms with Crippen LogP contribution < -0.4 is 9.64 Å². The highest BCUT2D eigenvalue weighted by molar-refractivity contribution is 5.95. The maximum Gasteiger partial charge on any atom is 0.341 e. The van der Waals surface area contributed by atoms with Crippen molar-refractivity contribution in [1.29, 1.82) is 0 Å². The van der Waals surface area contributed by atoms with Crippen LogP contribution in [0.3, 0.4) is 0 Å². The summed E-state index contributed by atoms with van der Waals surface area (Å²) in [6, 6.07) is 7.66. The van der Waals surface area contributed by atoms with Gasteiger partial charge in [0.05, 0.1) is 60.1 Å². The molecule has 0 bridgehead atoms. The third-order valence-corrected chi connectivity index (χ3v) is 6.66. The van der Waals surface area contributed by atoms with Gasteiger partial charge in [-0.2, -0.15) is 5.10 Å². The van der Waals surface area contributed by atoms with Gasteiger partial charge in [-0.25, -0.2) is 4.79 Å². The van der Waals surface area contributed by atoms with E-state index in [4.69, 9.17) is 9.84 Å². The number of carbonyl (C=O) groups excluding carboxylic acids is 1. The molecule has 0 radical (unpaired) electrons. The molecule has 1 saturated carbocycles. The SMILES string of the molecule is Cn1ncc2cc(-c3cnc(CN(C(=O)C4CCCCC4)c4cncc(OCC(=O)O)c4)cn3)ccc21. The monoisotopic (exact) mass is 500 g/mol. The molecule has 0 unspecified atom stereocenters. The summed E-state index contributed by atoms with van der Waals surface area (Å²) < 4.78 is 7.12. The summed E-state index contributed by atoms with van der Waals surface area (Å²) in [6.45, 7) is -0.270. The van der Waals surface area contributed by atoms with Crippen molar-refractivity contribution in [3.8, 4) is 17.0 Å². The first kappa shape index (κ1) is 24.4. The number of nitrogens with zero attached hydrogens (tertiary/aromatic N) is 6. The second-order valence-electron chi connectivity index (χ2n) is 9.26. The highest BCUT2D eigenvalue weighted by atomic mass is 16.5. The molecule has 37 heavy (non-hydrogen) atoms. The lowest BCUT2D eigenvalue weighted by Crippen LogP contribution is -2.37. The van der Waals surface area contributed by atoms with Crippen molar-refractivity contribution in [2.75, 3.05) is 11.5 Å². The van der Waals surface area contributed by atoms with Crippen LogP contribution in [-0.2, 0) is 23.2 Å². The molecule has 10 heteroatoms. The summed E-state index contributed by atoms with van der Waals surface area (Å²) in [5.41, 5.74) is 3.86. The summed E-state index contributed by atoms with van der Waals surface area (Å²) in [5, 5.41) is 14.2. The number of aliphatic carboxylic acids is 1. The smallest absolute Gasteiger partial charge is 0.341 e. The zero-order chi connectivity index (χ0) is 25.8. The number of rotatable bonds is 8. The Kier molecular flexibility index (Phi) is 7.07. The number of amides is 1. The van der Waals surface area contributed by atoms with Crippen LogP contribution in [0.4, 0.5) is 5.69 Å². The molecular formula is C27H28N6O4. The fraction of sp³-hybridized carbons (Fsp3) is 0.333. The van der Waals surface area contributed by atoms with Crippen LogP contribution in [0.5, 0.6) is 5.75 Å². The van der Waals surface area contributed by atoms with Crippen molar-refractivity contribution < 1.29 is 19.4 Å². The Morgan fingerprint density at radius 2 is 1.89 bits per heavy atom. The average molecular weight is 501 g/mol. The predicted molar refractivity (Wildman–Crippen MR) is 137 cm³/mol. The normalized spacial score (nSPS) is 14.0. The number of benzene rings is 1. The van der Waals surface area contributed by atoms with Crippen molar-refractivity contribution in [3.63, 3.8) is 0 Å². The third kappa shape index (κ3) is 5.58. The number of anilines is 1. The molecule has 4 aromatic rings. The number of aromatic nitrogens is 5. The molecule has 1 aliphatic rings. The Morgan fingerprint density at radius 3 is 2.65 bits per heavy atom. The van der Waals surface area contributed by atoms with E-state index in [0.717, 1.165) is 54.3 Å². The van der Waals surface area contributed by atoms with Crippen LogP contribution in [0.2, 0.25) is 0 Å². The number of carboxylic acid groups (broad SMARTS) is 1. The number of carbonyl (C=O) groups is 2. The quantitative estimate of drug-likeness (QED) is 0.385. The molecule has 5 rings (SSSR count). The van der Waals surface area contributed by atoms with Gasteiger partial charge in [0.2, 0.25) is 5.91 Å². The fourth-order valence-corrected chi connectivity index (χ4v) is 4.72. The molecule has 0 spiro atoms. The first-order chi connectivity index (χ1) is 18.0. The van der Waals surface area contributed by atoms with E-state index in [-0.39, 0.29) is 24.1 Å². The zero-order valence-electron chi connectivity index (χ0n) is 20.6. The number of aryl methyl sites for hydroxylation is 1. The summed E-state index contributed by atoms with van der Waals surface area (Å²) in [4.78, 5) is 39.6. The van der Waals surface area contributed by atoms with E-state index in [1.54, 1.807) is 29.6 Å². The lowest BCUT2D eigenvalue weighted by molar-refractivity contribution is -0.139. The minimum absolute atomic E-state index is 0.00444. The molecule has 0 saturated heterocycles. The van der Waals surface area contributed by atoms with Crippen LogP contribution in [0.15, 0.2) is 55.2 Å². The van der Waals surface area contributed by atoms with Gasteiger partial charge in [0, 0.05) is 30.0 Å². The van der Waals surface area contributed by atoms with Gasteiger partial charge in [0.1, 0.15) is 5.75 Å². The van der Waals surface area contributed by atoms with Gasteiger partial charge in [0.25, 0.3) is 0 Å². The summed E-state index contributed by atoms with van der Waals surface area (Å²) in [5.74, 6) is -0.868. The van der Waals surface area contributed by atoms with Gasteiger partial charge in [-0.05, 0) is 25.0 Å². The van der Waals surface area contributed by atoms with Crippen molar-refractivity contribution in [1.82, 2.24) is 24.7 Å². The molecule has 1 N–H and O–H groups in total.